The highest BCUT2D eigenvalue weighted by atomic mass is 16.5. The van der Waals surface area contributed by atoms with Crippen molar-refractivity contribution in [1.29, 1.82) is 0 Å². The van der Waals surface area contributed by atoms with Gasteiger partial charge in [-0.3, -0.25) is 9.59 Å². The second-order valence-corrected chi connectivity index (χ2v) is 8.37. The van der Waals surface area contributed by atoms with Crippen LogP contribution in [-0.4, -0.2) is 41.9 Å². The third-order valence-corrected chi connectivity index (χ3v) is 5.57. The molecule has 0 aromatic heterocycles. The molecule has 26 heavy (non-hydrogen) atoms. The van der Waals surface area contributed by atoms with Gasteiger partial charge in [0.15, 0.2) is 0 Å². The number of hydrogen-bond donors (Lipinski definition) is 1. The number of amides is 2. The van der Waals surface area contributed by atoms with Gasteiger partial charge in [-0.05, 0) is 44.6 Å². The first-order chi connectivity index (χ1) is 12.3. The molecule has 1 saturated carbocycles. The van der Waals surface area contributed by atoms with Crippen LogP contribution < -0.4 is 5.32 Å². The van der Waals surface area contributed by atoms with E-state index < -0.39 is 0 Å². The molecule has 3 rings (SSSR count). The van der Waals surface area contributed by atoms with Crippen LogP contribution in [0, 0.1) is 18.8 Å². The van der Waals surface area contributed by atoms with Crippen LogP contribution in [0.3, 0.4) is 0 Å². The third kappa shape index (κ3) is 4.64. The highest BCUT2D eigenvalue weighted by molar-refractivity contribution is 5.81. The number of hydrogen-bond acceptors (Lipinski definition) is 3. The van der Waals surface area contributed by atoms with Crippen LogP contribution in [0.4, 0.5) is 0 Å². The van der Waals surface area contributed by atoms with Crippen LogP contribution >= 0.6 is 0 Å². The summed E-state index contributed by atoms with van der Waals surface area (Å²) in [5, 5.41) is 3.18. The van der Waals surface area contributed by atoms with Crippen molar-refractivity contribution >= 4 is 11.8 Å². The van der Waals surface area contributed by atoms with Crippen molar-refractivity contribution in [1.82, 2.24) is 10.2 Å². The van der Waals surface area contributed by atoms with Gasteiger partial charge >= 0.3 is 0 Å². The van der Waals surface area contributed by atoms with E-state index in [2.05, 4.69) is 18.3 Å². The molecule has 1 heterocycles. The summed E-state index contributed by atoms with van der Waals surface area (Å²) in [7, 11) is 0. The second kappa shape index (κ2) is 7.78. The molecule has 0 spiro atoms. The van der Waals surface area contributed by atoms with E-state index in [4.69, 9.17) is 4.74 Å². The molecule has 2 fully saturated rings. The quantitative estimate of drug-likeness (QED) is 0.850. The molecule has 1 unspecified atom stereocenters. The zero-order chi connectivity index (χ0) is 18.7. The predicted octanol–water partition coefficient (Wildman–Crippen LogP) is 2.66. The fourth-order valence-corrected chi connectivity index (χ4v) is 3.94. The molecule has 1 aromatic rings. The van der Waals surface area contributed by atoms with E-state index in [-0.39, 0.29) is 29.9 Å². The van der Waals surface area contributed by atoms with E-state index in [0.29, 0.717) is 25.6 Å². The molecule has 5 nitrogen and oxygen atoms in total. The Morgan fingerprint density at radius 3 is 2.81 bits per heavy atom. The number of aryl methyl sites for hydroxylation is 1. The Kier molecular flexibility index (Phi) is 5.66. The number of carbonyl (C=O) groups excluding carboxylic acids is 2. The maximum absolute atomic E-state index is 12.4. The molecular formula is C21H30N2O3. The zero-order valence-electron chi connectivity index (χ0n) is 16.1. The van der Waals surface area contributed by atoms with Crippen LogP contribution in [0.15, 0.2) is 24.3 Å². The van der Waals surface area contributed by atoms with Gasteiger partial charge in [0, 0.05) is 19.0 Å². The molecule has 1 aliphatic carbocycles. The first kappa shape index (κ1) is 18.9. The van der Waals surface area contributed by atoms with Crippen molar-refractivity contribution in [3.05, 3.63) is 35.4 Å². The van der Waals surface area contributed by atoms with Crippen LogP contribution in [0.5, 0.6) is 0 Å². The first-order valence-electron chi connectivity index (χ1n) is 9.58. The summed E-state index contributed by atoms with van der Waals surface area (Å²) in [4.78, 5) is 26.5. The third-order valence-electron chi connectivity index (χ3n) is 5.57. The molecular weight excluding hydrogens is 328 g/mol. The lowest BCUT2D eigenvalue weighted by molar-refractivity contribution is -0.136. The second-order valence-electron chi connectivity index (χ2n) is 8.37. The normalized spacial score (nSPS) is 27.9. The van der Waals surface area contributed by atoms with Crippen LogP contribution in [0.25, 0.3) is 0 Å². The molecule has 1 N–H and O–H groups in total. The van der Waals surface area contributed by atoms with Gasteiger partial charge in [0.2, 0.25) is 11.8 Å². The smallest absolute Gasteiger partial charge is 0.248 e. The average molecular weight is 358 g/mol. The van der Waals surface area contributed by atoms with Gasteiger partial charge in [0.1, 0.15) is 6.61 Å². The van der Waals surface area contributed by atoms with Crippen molar-refractivity contribution < 1.29 is 14.3 Å². The van der Waals surface area contributed by atoms with Gasteiger partial charge in [-0.2, -0.15) is 0 Å². The van der Waals surface area contributed by atoms with Gasteiger partial charge < -0.3 is 15.0 Å². The summed E-state index contributed by atoms with van der Waals surface area (Å²) in [6.07, 6.45) is 2.76. The standard InChI is InChI=1S/C21H30N2O3/c1-15-5-4-6-17(9-15)12-26-13-19(24)23-8-7-21(3,14-23)22-20(25)18-10-16(2)11-18/h4-6,9,16,18H,7-8,10-14H2,1-3H3,(H,22,25). The monoisotopic (exact) mass is 358 g/mol. The van der Waals surface area contributed by atoms with Crippen molar-refractivity contribution in [2.45, 2.75) is 52.2 Å². The number of benzene rings is 1. The number of nitrogens with zero attached hydrogens (tertiary/aromatic N) is 1. The lowest BCUT2D eigenvalue weighted by Crippen LogP contribution is -2.52. The van der Waals surface area contributed by atoms with Crippen molar-refractivity contribution in [2.75, 3.05) is 19.7 Å². The Balaban J connectivity index is 1.42. The molecule has 2 amide bonds. The van der Waals surface area contributed by atoms with Gasteiger partial charge in [-0.1, -0.05) is 36.8 Å². The Bertz CT molecular complexity index is 669. The SMILES string of the molecule is Cc1cccc(COCC(=O)N2CCC(C)(NC(=O)C3CC(C)C3)C2)c1. The van der Waals surface area contributed by atoms with E-state index in [1.165, 1.54) is 5.56 Å². The highest BCUT2D eigenvalue weighted by Crippen LogP contribution is 2.34. The minimum absolute atomic E-state index is 0.00658. The van der Waals surface area contributed by atoms with E-state index >= 15 is 0 Å². The minimum Gasteiger partial charge on any atom is -0.367 e. The highest BCUT2D eigenvalue weighted by Gasteiger charge is 2.40. The maximum atomic E-state index is 12.4. The Labute approximate surface area is 156 Å². The van der Waals surface area contributed by atoms with Gasteiger partial charge in [-0.25, -0.2) is 0 Å². The fourth-order valence-electron chi connectivity index (χ4n) is 3.94. The number of likely N-dealkylation sites (tertiary alicyclic amines) is 1. The summed E-state index contributed by atoms with van der Waals surface area (Å²) in [5.41, 5.74) is 1.94. The Morgan fingerprint density at radius 1 is 1.35 bits per heavy atom. The molecule has 1 saturated heterocycles. The number of nitrogens with one attached hydrogen (secondary N) is 1. The summed E-state index contributed by atoms with van der Waals surface area (Å²) in [5.74, 6) is 0.957. The summed E-state index contributed by atoms with van der Waals surface area (Å²) in [6.45, 7) is 8.01. The summed E-state index contributed by atoms with van der Waals surface area (Å²) < 4.78 is 5.60. The Hall–Kier alpha value is -1.88. The van der Waals surface area contributed by atoms with Crippen molar-refractivity contribution in [3.8, 4) is 0 Å². The zero-order valence-corrected chi connectivity index (χ0v) is 16.1. The molecule has 5 heteroatoms. The fraction of sp³-hybridized carbons (Fsp3) is 0.619. The van der Waals surface area contributed by atoms with E-state index in [1.54, 1.807) is 4.90 Å². The number of ether oxygens (including phenoxy) is 1. The number of carbonyl (C=O) groups is 2. The largest absolute Gasteiger partial charge is 0.367 e. The van der Waals surface area contributed by atoms with E-state index in [9.17, 15) is 9.59 Å². The lowest BCUT2D eigenvalue weighted by Gasteiger charge is -2.35. The molecule has 0 bridgehead atoms. The average Bonchev–Trinajstić information content (AvgIpc) is 2.94. The molecule has 2 aliphatic rings. The number of rotatable bonds is 6. The predicted molar refractivity (Wildman–Crippen MR) is 100 cm³/mol. The molecule has 142 valence electrons. The van der Waals surface area contributed by atoms with Gasteiger partial charge in [0.25, 0.3) is 0 Å². The lowest BCUT2D eigenvalue weighted by atomic mass is 9.75. The van der Waals surface area contributed by atoms with E-state index in [1.807, 2.05) is 32.0 Å². The molecule has 1 aromatic carbocycles. The van der Waals surface area contributed by atoms with Crippen LogP contribution in [0.2, 0.25) is 0 Å². The van der Waals surface area contributed by atoms with Crippen LogP contribution in [-0.2, 0) is 20.9 Å². The van der Waals surface area contributed by atoms with Gasteiger partial charge in [-0.15, -0.1) is 0 Å². The van der Waals surface area contributed by atoms with Crippen molar-refractivity contribution in [3.63, 3.8) is 0 Å². The summed E-state index contributed by atoms with van der Waals surface area (Å²) in [6, 6.07) is 8.10. The van der Waals surface area contributed by atoms with Crippen LogP contribution in [0.1, 0.15) is 44.2 Å². The van der Waals surface area contributed by atoms with E-state index in [0.717, 1.165) is 24.8 Å². The Morgan fingerprint density at radius 2 is 2.12 bits per heavy atom. The maximum Gasteiger partial charge on any atom is 0.248 e. The molecule has 0 radical (unpaired) electrons. The minimum atomic E-state index is -0.317. The summed E-state index contributed by atoms with van der Waals surface area (Å²) >= 11 is 0. The van der Waals surface area contributed by atoms with Gasteiger partial charge in [0.05, 0.1) is 12.1 Å². The van der Waals surface area contributed by atoms with Crippen molar-refractivity contribution in [2.24, 2.45) is 11.8 Å². The molecule has 1 aliphatic heterocycles. The molecule has 1 atom stereocenters. The first-order valence-corrected chi connectivity index (χ1v) is 9.58. The topological polar surface area (TPSA) is 58.6 Å².